The molecule has 5 heteroatoms. The molecule has 0 atom stereocenters. The summed E-state index contributed by atoms with van der Waals surface area (Å²) >= 11 is 0. The Morgan fingerprint density at radius 3 is 2.83 bits per heavy atom. The van der Waals surface area contributed by atoms with Crippen molar-refractivity contribution in [3.05, 3.63) is 18.0 Å². The average molecular weight is 253 g/mol. The lowest BCUT2D eigenvalue weighted by Crippen LogP contribution is -2.27. The standard InChI is InChI=1S/C13H23N3O2/c17-6-5-16-10-12(9-15-16)8-14-7-11-1-3-13(18)4-2-11/h9-11,13-14,17-18H,1-8H2. The zero-order valence-electron chi connectivity index (χ0n) is 10.8. The fraction of sp³-hybridized carbons (Fsp3) is 0.769. The monoisotopic (exact) mass is 253 g/mol. The van der Waals surface area contributed by atoms with Gasteiger partial charge in [0.25, 0.3) is 0 Å². The first kappa shape index (κ1) is 13.5. The second-order valence-corrected chi connectivity index (χ2v) is 5.14. The highest BCUT2D eigenvalue weighted by Gasteiger charge is 2.18. The summed E-state index contributed by atoms with van der Waals surface area (Å²) < 4.78 is 1.76. The van der Waals surface area contributed by atoms with Crippen LogP contribution < -0.4 is 5.32 Å². The molecular formula is C13H23N3O2. The Kier molecular flexibility index (Phi) is 5.16. The van der Waals surface area contributed by atoms with Gasteiger partial charge in [-0.2, -0.15) is 5.10 Å². The van der Waals surface area contributed by atoms with Gasteiger partial charge in [-0.05, 0) is 38.1 Å². The molecule has 18 heavy (non-hydrogen) atoms. The van der Waals surface area contributed by atoms with Crippen molar-refractivity contribution in [1.29, 1.82) is 0 Å². The average Bonchev–Trinajstić information content (AvgIpc) is 2.80. The van der Waals surface area contributed by atoms with Crippen LogP contribution in [0.4, 0.5) is 0 Å². The first-order chi connectivity index (χ1) is 8.78. The Balaban J connectivity index is 1.65. The molecule has 0 radical (unpaired) electrons. The van der Waals surface area contributed by atoms with Crippen molar-refractivity contribution in [3.63, 3.8) is 0 Å². The lowest BCUT2D eigenvalue weighted by atomic mass is 9.87. The molecule has 1 aromatic rings. The van der Waals surface area contributed by atoms with Gasteiger partial charge in [0.15, 0.2) is 0 Å². The molecule has 102 valence electrons. The van der Waals surface area contributed by atoms with Crippen LogP contribution in [0.15, 0.2) is 12.4 Å². The second kappa shape index (κ2) is 6.87. The number of aliphatic hydroxyl groups excluding tert-OH is 2. The van der Waals surface area contributed by atoms with Crippen molar-refractivity contribution < 1.29 is 10.2 Å². The highest BCUT2D eigenvalue weighted by molar-refractivity contribution is 5.03. The molecule has 1 aliphatic carbocycles. The third kappa shape index (κ3) is 4.08. The SMILES string of the molecule is OCCn1cc(CNCC2CCC(O)CC2)cn1. The van der Waals surface area contributed by atoms with Crippen LogP contribution in [-0.2, 0) is 13.1 Å². The number of hydrogen-bond acceptors (Lipinski definition) is 4. The molecule has 1 aliphatic rings. The summed E-state index contributed by atoms with van der Waals surface area (Å²) in [5.41, 5.74) is 1.15. The van der Waals surface area contributed by atoms with Crippen molar-refractivity contribution >= 4 is 0 Å². The van der Waals surface area contributed by atoms with Crippen LogP contribution in [0, 0.1) is 5.92 Å². The van der Waals surface area contributed by atoms with Crippen LogP contribution in [0.25, 0.3) is 0 Å². The Morgan fingerprint density at radius 2 is 2.11 bits per heavy atom. The number of hydrogen-bond donors (Lipinski definition) is 3. The van der Waals surface area contributed by atoms with Gasteiger partial charge in [0.1, 0.15) is 0 Å². The molecule has 0 aliphatic heterocycles. The van der Waals surface area contributed by atoms with Crippen LogP contribution >= 0.6 is 0 Å². The van der Waals surface area contributed by atoms with Gasteiger partial charge in [0.05, 0.1) is 25.5 Å². The number of rotatable bonds is 6. The Labute approximate surface area is 108 Å². The van der Waals surface area contributed by atoms with Gasteiger partial charge in [-0.15, -0.1) is 0 Å². The van der Waals surface area contributed by atoms with Gasteiger partial charge >= 0.3 is 0 Å². The number of nitrogens with one attached hydrogen (secondary N) is 1. The first-order valence-electron chi connectivity index (χ1n) is 6.79. The molecule has 1 aromatic heterocycles. The fourth-order valence-electron chi connectivity index (χ4n) is 2.49. The van der Waals surface area contributed by atoms with E-state index < -0.39 is 0 Å². The molecule has 1 saturated carbocycles. The van der Waals surface area contributed by atoms with Gasteiger partial charge in [-0.25, -0.2) is 0 Å². The third-order valence-corrected chi connectivity index (χ3v) is 3.59. The van der Waals surface area contributed by atoms with Crippen LogP contribution in [0.2, 0.25) is 0 Å². The summed E-state index contributed by atoms with van der Waals surface area (Å²) in [6.45, 7) is 2.52. The van der Waals surface area contributed by atoms with Crippen molar-refractivity contribution in [2.45, 2.75) is 44.9 Å². The molecule has 0 spiro atoms. The van der Waals surface area contributed by atoms with E-state index in [1.807, 2.05) is 12.4 Å². The minimum Gasteiger partial charge on any atom is -0.394 e. The van der Waals surface area contributed by atoms with Gasteiger partial charge < -0.3 is 15.5 Å². The van der Waals surface area contributed by atoms with E-state index >= 15 is 0 Å². The molecule has 0 unspecified atom stereocenters. The quantitative estimate of drug-likeness (QED) is 0.691. The number of aliphatic hydroxyl groups is 2. The second-order valence-electron chi connectivity index (χ2n) is 5.14. The Morgan fingerprint density at radius 1 is 1.33 bits per heavy atom. The molecule has 1 fully saturated rings. The maximum absolute atomic E-state index is 9.43. The molecule has 3 N–H and O–H groups in total. The van der Waals surface area contributed by atoms with Crippen LogP contribution in [-0.4, -0.2) is 39.2 Å². The normalized spacial score (nSPS) is 24.3. The van der Waals surface area contributed by atoms with E-state index in [9.17, 15) is 5.11 Å². The zero-order valence-corrected chi connectivity index (χ0v) is 10.8. The molecule has 0 saturated heterocycles. The largest absolute Gasteiger partial charge is 0.394 e. The van der Waals surface area contributed by atoms with Gasteiger partial charge in [0.2, 0.25) is 0 Å². The fourth-order valence-corrected chi connectivity index (χ4v) is 2.49. The maximum atomic E-state index is 9.43. The number of nitrogens with zero attached hydrogens (tertiary/aromatic N) is 2. The summed E-state index contributed by atoms with van der Waals surface area (Å²) in [6, 6.07) is 0. The minimum absolute atomic E-state index is 0.0713. The van der Waals surface area contributed by atoms with E-state index in [4.69, 9.17) is 5.11 Å². The molecular weight excluding hydrogens is 230 g/mol. The zero-order chi connectivity index (χ0) is 12.8. The van der Waals surface area contributed by atoms with Crippen molar-refractivity contribution in [1.82, 2.24) is 15.1 Å². The molecule has 0 aromatic carbocycles. The van der Waals surface area contributed by atoms with E-state index in [1.165, 1.54) is 0 Å². The van der Waals surface area contributed by atoms with E-state index in [1.54, 1.807) is 4.68 Å². The smallest absolute Gasteiger partial charge is 0.0640 e. The van der Waals surface area contributed by atoms with Crippen molar-refractivity contribution in [2.75, 3.05) is 13.2 Å². The summed E-state index contributed by atoms with van der Waals surface area (Å²) in [6.07, 6.45) is 7.87. The van der Waals surface area contributed by atoms with E-state index in [2.05, 4.69) is 10.4 Å². The lowest BCUT2D eigenvalue weighted by molar-refractivity contribution is 0.108. The lowest BCUT2D eigenvalue weighted by Gasteiger charge is -2.25. The molecule has 5 nitrogen and oxygen atoms in total. The van der Waals surface area contributed by atoms with E-state index in [-0.39, 0.29) is 12.7 Å². The van der Waals surface area contributed by atoms with E-state index in [0.29, 0.717) is 12.5 Å². The summed E-state index contributed by atoms with van der Waals surface area (Å²) in [4.78, 5) is 0. The van der Waals surface area contributed by atoms with Gasteiger partial charge in [0, 0.05) is 18.3 Å². The van der Waals surface area contributed by atoms with Crippen molar-refractivity contribution in [3.8, 4) is 0 Å². The maximum Gasteiger partial charge on any atom is 0.0640 e. The van der Waals surface area contributed by atoms with Crippen LogP contribution in [0.1, 0.15) is 31.2 Å². The molecule has 0 bridgehead atoms. The van der Waals surface area contributed by atoms with Crippen LogP contribution in [0.3, 0.4) is 0 Å². The van der Waals surface area contributed by atoms with Gasteiger partial charge in [-0.1, -0.05) is 0 Å². The van der Waals surface area contributed by atoms with Crippen LogP contribution in [0.5, 0.6) is 0 Å². The summed E-state index contributed by atoms with van der Waals surface area (Å²) in [5, 5.41) is 25.8. The molecule has 1 heterocycles. The summed E-state index contributed by atoms with van der Waals surface area (Å²) in [7, 11) is 0. The summed E-state index contributed by atoms with van der Waals surface area (Å²) in [5.74, 6) is 0.695. The van der Waals surface area contributed by atoms with Gasteiger partial charge in [-0.3, -0.25) is 4.68 Å². The molecule has 2 rings (SSSR count). The third-order valence-electron chi connectivity index (χ3n) is 3.59. The highest BCUT2D eigenvalue weighted by Crippen LogP contribution is 2.23. The highest BCUT2D eigenvalue weighted by atomic mass is 16.3. The Hall–Kier alpha value is -0.910. The number of aromatic nitrogens is 2. The van der Waals surface area contributed by atoms with Crippen molar-refractivity contribution in [2.24, 2.45) is 5.92 Å². The Bertz CT molecular complexity index is 346. The van der Waals surface area contributed by atoms with E-state index in [0.717, 1.165) is 44.3 Å². The first-order valence-corrected chi connectivity index (χ1v) is 6.79. The molecule has 0 amide bonds. The predicted octanol–water partition coefficient (Wildman–Crippen LogP) is 0.516. The minimum atomic E-state index is -0.0713. The predicted molar refractivity (Wildman–Crippen MR) is 69.0 cm³/mol. The topological polar surface area (TPSA) is 70.3 Å².